The Balaban J connectivity index is 1.66. The van der Waals surface area contributed by atoms with E-state index in [9.17, 15) is 10.1 Å². The van der Waals surface area contributed by atoms with Crippen LogP contribution >= 0.6 is 23.1 Å². The quantitative estimate of drug-likeness (QED) is 0.404. The van der Waals surface area contributed by atoms with Gasteiger partial charge in [-0.05, 0) is 17.7 Å². The number of rotatable bonds is 5. The number of hydrogen-bond acceptors (Lipinski definition) is 8. The van der Waals surface area contributed by atoms with E-state index in [1.807, 2.05) is 0 Å². The van der Waals surface area contributed by atoms with Crippen LogP contribution in [0.2, 0.25) is 0 Å². The summed E-state index contributed by atoms with van der Waals surface area (Å²) in [7, 11) is 0. The molecule has 0 saturated carbocycles. The van der Waals surface area contributed by atoms with Gasteiger partial charge in [0.1, 0.15) is 0 Å². The molecule has 7 nitrogen and oxygen atoms in total. The molecule has 0 amide bonds. The molecule has 0 radical (unpaired) electrons. The zero-order chi connectivity index (χ0) is 14.7. The van der Waals surface area contributed by atoms with Gasteiger partial charge < -0.3 is 4.42 Å². The van der Waals surface area contributed by atoms with Crippen molar-refractivity contribution >= 4 is 28.1 Å². The molecule has 3 aromatic rings. The standard InChI is InChI=1S/C12H8N4O3S2/c17-16(18)10-5-8(6-20-10)7-21-12-15-14-11(19-12)9-1-3-13-4-2-9/h1-6H,7H2. The van der Waals surface area contributed by atoms with Crippen molar-refractivity contribution < 1.29 is 9.34 Å². The van der Waals surface area contributed by atoms with Gasteiger partial charge in [0, 0.05) is 35.2 Å². The Kier molecular flexibility index (Phi) is 3.93. The van der Waals surface area contributed by atoms with Gasteiger partial charge in [-0.2, -0.15) is 0 Å². The first kappa shape index (κ1) is 13.7. The highest BCUT2D eigenvalue weighted by molar-refractivity contribution is 7.98. The first-order valence-electron chi connectivity index (χ1n) is 5.81. The van der Waals surface area contributed by atoms with Gasteiger partial charge in [-0.1, -0.05) is 23.1 Å². The molecule has 3 rings (SSSR count). The van der Waals surface area contributed by atoms with Crippen LogP contribution in [-0.4, -0.2) is 20.1 Å². The van der Waals surface area contributed by atoms with Crippen LogP contribution in [0.15, 0.2) is 45.6 Å². The lowest BCUT2D eigenvalue weighted by molar-refractivity contribution is -0.380. The fraction of sp³-hybridized carbons (Fsp3) is 0.0833. The van der Waals surface area contributed by atoms with Crippen molar-refractivity contribution in [3.8, 4) is 11.5 Å². The maximum atomic E-state index is 10.6. The molecule has 0 spiro atoms. The fourth-order valence-corrected chi connectivity index (χ4v) is 3.09. The van der Waals surface area contributed by atoms with Crippen LogP contribution in [0, 0.1) is 10.1 Å². The summed E-state index contributed by atoms with van der Waals surface area (Å²) < 4.78 is 5.53. The van der Waals surface area contributed by atoms with Crippen molar-refractivity contribution in [2.24, 2.45) is 0 Å². The molecule has 3 aromatic heterocycles. The lowest BCUT2D eigenvalue weighted by Gasteiger charge is -1.93. The molecule has 0 N–H and O–H groups in total. The zero-order valence-corrected chi connectivity index (χ0v) is 12.1. The third-order valence-corrected chi connectivity index (χ3v) is 4.33. The van der Waals surface area contributed by atoms with E-state index in [4.69, 9.17) is 4.42 Å². The molecule has 0 atom stereocenters. The number of nitro groups is 1. The summed E-state index contributed by atoms with van der Waals surface area (Å²) in [6.07, 6.45) is 3.30. The second kappa shape index (κ2) is 6.02. The normalized spacial score (nSPS) is 10.7. The van der Waals surface area contributed by atoms with Crippen molar-refractivity contribution in [2.45, 2.75) is 11.0 Å². The Morgan fingerprint density at radius 1 is 1.33 bits per heavy atom. The topological polar surface area (TPSA) is 95.0 Å². The summed E-state index contributed by atoms with van der Waals surface area (Å²) in [6.45, 7) is 0. The number of hydrogen-bond donors (Lipinski definition) is 0. The van der Waals surface area contributed by atoms with E-state index in [0.717, 1.165) is 22.5 Å². The molecule has 0 fully saturated rings. The molecule has 9 heteroatoms. The predicted molar refractivity (Wildman–Crippen MR) is 78.1 cm³/mol. The fourth-order valence-electron chi connectivity index (χ4n) is 1.56. The SMILES string of the molecule is O=[N+]([O-])c1cc(CSc2nnc(-c3ccncc3)o2)cs1. The number of aromatic nitrogens is 3. The highest BCUT2D eigenvalue weighted by Gasteiger charge is 2.12. The smallest absolute Gasteiger partial charge is 0.324 e. The first-order valence-corrected chi connectivity index (χ1v) is 7.67. The van der Waals surface area contributed by atoms with Crippen molar-refractivity contribution in [3.05, 3.63) is 51.7 Å². The minimum atomic E-state index is -0.396. The third kappa shape index (κ3) is 3.26. The Morgan fingerprint density at radius 2 is 2.14 bits per heavy atom. The van der Waals surface area contributed by atoms with Crippen LogP contribution in [0.1, 0.15) is 5.56 Å². The summed E-state index contributed by atoms with van der Waals surface area (Å²) in [4.78, 5) is 14.1. The van der Waals surface area contributed by atoms with E-state index >= 15 is 0 Å². The molecule has 0 bridgehead atoms. The molecule has 106 valence electrons. The lowest BCUT2D eigenvalue weighted by atomic mass is 10.3. The monoisotopic (exact) mass is 320 g/mol. The molecular weight excluding hydrogens is 312 g/mol. The van der Waals surface area contributed by atoms with Crippen LogP contribution in [0.25, 0.3) is 11.5 Å². The Hall–Kier alpha value is -2.26. The third-order valence-electron chi connectivity index (χ3n) is 2.52. The molecule has 0 unspecified atom stereocenters. The van der Waals surface area contributed by atoms with Crippen LogP contribution in [0.4, 0.5) is 5.00 Å². The van der Waals surface area contributed by atoms with E-state index in [0.29, 0.717) is 16.9 Å². The summed E-state index contributed by atoms with van der Waals surface area (Å²) in [5.74, 6) is 0.971. The van der Waals surface area contributed by atoms with E-state index < -0.39 is 4.92 Å². The average Bonchev–Trinajstić information content (AvgIpc) is 3.15. The van der Waals surface area contributed by atoms with E-state index in [1.165, 1.54) is 11.8 Å². The molecule has 0 aliphatic rings. The van der Waals surface area contributed by atoms with Crippen molar-refractivity contribution in [1.82, 2.24) is 15.2 Å². The molecular formula is C12H8N4O3S2. The van der Waals surface area contributed by atoms with E-state index in [1.54, 1.807) is 36.0 Å². The number of thioether (sulfide) groups is 1. The predicted octanol–water partition coefficient (Wildman–Crippen LogP) is 3.39. The van der Waals surface area contributed by atoms with Gasteiger partial charge in [0.05, 0.1) is 4.92 Å². The minimum Gasteiger partial charge on any atom is -0.411 e. The summed E-state index contributed by atoms with van der Waals surface area (Å²) in [6, 6.07) is 5.12. The molecule has 0 aromatic carbocycles. The maximum absolute atomic E-state index is 10.6. The van der Waals surface area contributed by atoms with Gasteiger partial charge in [0.15, 0.2) is 0 Å². The summed E-state index contributed by atoms with van der Waals surface area (Å²) >= 11 is 2.45. The van der Waals surface area contributed by atoms with Crippen molar-refractivity contribution in [3.63, 3.8) is 0 Å². The Bertz CT molecular complexity index is 757. The average molecular weight is 320 g/mol. The largest absolute Gasteiger partial charge is 0.411 e. The summed E-state index contributed by atoms with van der Waals surface area (Å²) in [5, 5.41) is 20.8. The number of thiophene rings is 1. The first-order chi connectivity index (χ1) is 10.2. The van der Waals surface area contributed by atoms with Crippen LogP contribution in [-0.2, 0) is 5.75 Å². The van der Waals surface area contributed by atoms with Gasteiger partial charge >= 0.3 is 5.00 Å². The van der Waals surface area contributed by atoms with Crippen molar-refractivity contribution in [2.75, 3.05) is 0 Å². The maximum Gasteiger partial charge on any atom is 0.324 e. The van der Waals surface area contributed by atoms with Crippen molar-refractivity contribution in [1.29, 1.82) is 0 Å². The van der Waals surface area contributed by atoms with Gasteiger partial charge in [0.2, 0.25) is 5.89 Å². The molecule has 0 saturated heterocycles. The van der Waals surface area contributed by atoms with E-state index in [2.05, 4.69) is 15.2 Å². The van der Waals surface area contributed by atoms with Gasteiger partial charge in [0.25, 0.3) is 5.22 Å². The van der Waals surface area contributed by atoms with Gasteiger partial charge in [-0.3, -0.25) is 15.1 Å². The van der Waals surface area contributed by atoms with E-state index in [-0.39, 0.29) is 5.00 Å². The second-order valence-electron chi connectivity index (χ2n) is 3.95. The van der Waals surface area contributed by atoms with Gasteiger partial charge in [-0.15, -0.1) is 10.2 Å². The highest BCUT2D eigenvalue weighted by Crippen LogP contribution is 2.29. The molecule has 0 aliphatic heterocycles. The van der Waals surface area contributed by atoms with Crippen LogP contribution < -0.4 is 0 Å². The minimum absolute atomic E-state index is 0.133. The molecule has 3 heterocycles. The van der Waals surface area contributed by atoms with Crippen LogP contribution in [0.3, 0.4) is 0 Å². The number of nitrogens with zero attached hydrogens (tertiary/aromatic N) is 4. The molecule has 21 heavy (non-hydrogen) atoms. The molecule has 0 aliphatic carbocycles. The zero-order valence-electron chi connectivity index (χ0n) is 10.5. The second-order valence-corrected chi connectivity index (χ2v) is 5.76. The van der Waals surface area contributed by atoms with Gasteiger partial charge in [-0.25, -0.2) is 0 Å². The summed E-state index contributed by atoms with van der Waals surface area (Å²) in [5.41, 5.74) is 1.66. The number of pyridine rings is 1. The Morgan fingerprint density at radius 3 is 2.86 bits per heavy atom. The Labute approximate surface area is 127 Å². The lowest BCUT2D eigenvalue weighted by Crippen LogP contribution is -1.82. The van der Waals surface area contributed by atoms with Crippen LogP contribution in [0.5, 0.6) is 0 Å². The highest BCUT2D eigenvalue weighted by atomic mass is 32.2.